The lowest BCUT2D eigenvalue weighted by Crippen LogP contribution is -2.23. The van der Waals surface area contributed by atoms with E-state index in [1.165, 1.54) is 6.07 Å². The lowest BCUT2D eigenvalue weighted by molar-refractivity contribution is -0.187. The molecule has 0 radical (unpaired) electrons. The van der Waals surface area contributed by atoms with Crippen LogP contribution in [-0.4, -0.2) is 6.61 Å². The molecule has 0 aliphatic carbocycles. The number of hydrogen-bond donors (Lipinski definition) is 0. The highest BCUT2D eigenvalue weighted by Gasteiger charge is 2.38. The maximum atomic E-state index is 14.8. The molecule has 4 aromatic rings. The average Bonchev–Trinajstić information content (AvgIpc) is 2.90. The summed E-state index contributed by atoms with van der Waals surface area (Å²) in [5, 5.41) is 0. The van der Waals surface area contributed by atoms with Crippen LogP contribution in [-0.2, 0) is 6.11 Å². The van der Waals surface area contributed by atoms with Crippen LogP contribution in [0, 0.1) is 40.9 Å². The van der Waals surface area contributed by atoms with E-state index in [0.717, 1.165) is 24.3 Å². The Balaban J connectivity index is 1.50. The molecule has 9 heteroatoms. The number of halogens is 7. The Kier molecular flexibility index (Phi) is 7.96. The lowest BCUT2D eigenvalue weighted by Gasteiger charge is -2.19. The Morgan fingerprint density at radius 1 is 0.692 bits per heavy atom. The molecule has 0 aromatic heterocycles. The van der Waals surface area contributed by atoms with E-state index in [0.29, 0.717) is 41.7 Å². The van der Waals surface area contributed by atoms with Gasteiger partial charge in [0, 0.05) is 11.6 Å². The predicted molar refractivity (Wildman–Crippen MR) is 131 cm³/mol. The van der Waals surface area contributed by atoms with Gasteiger partial charge < -0.3 is 9.47 Å². The second-order valence-corrected chi connectivity index (χ2v) is 8.08. The summed E-state index contributed by atoms with van der Waals surface area (Å²) in [7, 11) is 0. The molecule has 0 aliphatic rings. The molecule has 0 fully saturated rings. The fourth-order valence-electron chi connectivity index (χ4n) is 3.46. The summed E-state index contributed by atoms with van der Waals surface area (Å²) in [4.78, 5) is 0. The van der Waals surface area contributed by atoms with Crippen molar-refractivity contribution >= 4 is 0 Å². The first-order chi connectivity index (χ1) is 18.6. The van der Waals surface area contributed by atoms with Gasteiger partial charge in [-0.1, -0.05) is 42.7 Å². The normalized spacial score (nSPS) is 10.9. The third kappa shape index (κ3) is 6.41. The van der Waals surface area contributed by atoms with Crippen LogP contribution in [0.25, 0.3) is 11.1 Å². The zero-order valence-corrected chi connectivity index (χ0v) is 19.9. The van der Waals surface area contributed by atoms with Gasteiger partial charge >= 0.3 is 6.11 Å². The SMILES string of the molecule is C=CCOc1ccc(-c2ccc(C(F)(F)Oc3ccc(C#Cc4cc(F)c(F)c(F)c4)c(F)c3)c(F)c2)cc1. The van der Waals surface area contributed by atoms with Crippen molar-refractivity contribution in [3.63, 3.8) is 0 Å². The van der Waals surface area contributed by atoms with Gasteiger partial charge in [0.2, 0.25) is 0 Å². The average molecular weight is 542 g/mol. The second kappa shape index (κ2) is 11.4. The maximum absolute atomic E-state index is 14.8. The van der Waals surface area contributed by atoms with Gasteiger partial charge in [0.1, 0.15) is 29.7 Å². The Morgan fingerprint density at radius 3 is 1.95 bits per heavy atom. The van der Waals surface area contributed by atoms with Crippen LogP contribution in [0.3, 0.4) is 0 Å². The molecule has 2 nitrogen and oxygen atoms in total. The van der Waals surface area contributed by atoms with E-state index in [1.807, 2.05) is 0 Å². The molecule has 39 heavy (non-hydrogen) atoms. The third-order valence-electron chi connectivity index (χ3n) is 5.35. The van der Waals surface area contributed by atoms with Gasteiger partial charge in [-0.2, -0.15) is 8.78 Å². The quantitative estimate of drug-likeness (QED) is 0.102. The second-order valence-electron chi connectivity index (χ2n) is 8.08. The van der Waals surface area contributed by atoms with Crippen LogP contribution >= 0.6 is 0 Å². The zero-order valence-electron chi connectivity index (χ0n) is 19.9. The van der Waals surface area contributed by atoms with E-state index < -0.39 is 46.5 Å². The van der Waals surface area contributed by atoms with Crippen molar-refractivity contribution in [2.24, 2.45) is 0 Å². The van der Waals surface area contributed by atoms with Crippen molar-refractivity contribution in [1.82, 2.24) is 0 Å². The third-order valence-corrected chi connectivity index (χ3v) is 5.35. The van der Waals surface area contributed by atoms with Gasteiger partial charge in [-0.25, -0.2) is 22.0 Å². The number of hydrogen-bond acceptors (Lipinski definition) is 2. The van der Waals surface area contributed by atoms with E-state index in [9.17, 15) is 30.7 Å². The van der Waals surface area contributed by atoms with Gasteiger partial charge in [-0.3, -0.25) is 0 Å². The highest BCUT2D eigenvalue weighted by Crippen LogP contribution is 2.35. The molecule has 0 atom stereocenters. The number of rotatable bonds is 7. The monoisotopic (exact) mass is 542 g/mol. The van der Waals surface area contributed by atoms with E-state index in [2.05, 4.69) is 23.2 Å². The molecule has 4 rings (SSSR count). The minimum Gasteiger partial charge on any atom is -0.490 e. The molecule has 0 heterocycles. The van der Waals surface area contributed by atoms with Crippen molar-refractivity contribution in [3.05, 3.63) is 131 Å². The van der Waals surface area contributed by atoms with Gasteiger partial charge in [0.25, 0.3) is 0 Å². The van der Waals surface area contributed by atoms with Gasteiger partial charge in [-0.05, 0) is 59.7 Å². The van der Waals surface area contributed by atoms with E-state index in [1.54, 1.807) is 30.3 Å². The molecule has 0 unspecified atom stereocenters. The lowest BCUT2D eigenvalue weighted by atomic mass is 10.0. The number of alkyl halides is 2. The molecule has 0 amide bonds. The molecule has 198 valence electrons. The molecule has 0 bridgehead atoms. The van der Waals surface area contributed by atoms with Gasteiger partial charge in [0.05, 0.1) is 11.1 Å². The van der Waals surface area contributed by atoms with Crippen molar-refractivity contribution in [2.75, 3.05) is 6.61 Å². The first-order valence-corrected chi connectivity index (χ1v) is 11.2. The Hall–Kier alpha value is -4.71. The molecule has 4 aromatic carbocycles. The highest BCUT2D eigenvalue weighted by atomic mass is 19.3. The Bertz CT molecular complexity index is 1560. The first kappa shape index (κ1) is 27.3. The van der Waals surface area contributed by atoms with Crippen molar-refractivity contribution in [1.29, 1.82) is 0 Å². The minimum atomic E-state index is -4.16. The van der Waals surface area contributed by atoms with E-state index in [4.69, 9.17) is 4.74 Å². The summed E-state index contributed by atoms with van der Waals surface area (Å²) in [6, 6.07) is 13.4. The largest absolute Gasteiger partial charge is 0.490 e. The van der Waals surface area contributed by atoms with Crippen LogP contribution in [0.15, 0.2) is 85.5 Å². The Morgan fingerprint density at radius 2 is 1.33 bits per heavy atom. The number of benzene rings is 4. The molecule has 0 aliphatic heterocycles. The summed E-state index contributed by atoms with van der Waals surface area (Å²) in [5.74, 6) is -2.50. The standard InChI is InChI=1S/C30H17F7O2/c1-2-13-38-22-9-5-19(6-10-22)21-8-12-24(26(32)16-21)30(36,37)39-23-11-7-20(25(31)17-23)4-3-18-14-27(33)29(35)28(34)15-18/h2,5-12,14-17H,1,13H2. The predicted octanol–water partition coefficient (Wildman–Crippen LogP) is 8.14. The van der Waals surface area contributed by atoms with Crippen LogP contribution in [0.1, 0.15) is 16.7 Å². The topological polar surface area (TPSA) is 18.5 Å². The Labute approximate surface area is 218 Å². The fourth-order valence-corrected chi connectivity index (χ4v) is 3.46. The molecule has 0 N–H and O–H groups in total. The first-order valence-electron chi connectivity index (χ1n) is 11.2. The van der Waals surface area contributed by atoms with Crippen LogP contribution < -0.4 is 9.47 Å². The molecule has 0 saturated heterocycles. The summed E-state index contributed by atoms with van der Waals surface area (Å²) < 4.78 is 108. The fraction of sp³-hybridized carbons (Fsp3) is 0.0667. The van der Waals surface area contributed by atoms with E-state index in [-0.39, 0.29) is 11.1 Å². The summed E-state index contributed by atoms with van der Waals surface area (Å²) >= 11 is 0. The van der Waals surface area contributed by atoms with Crippen molar-refractivity contribution in [2.45, 2.75) is 6.11 Å². The molecule has 0 saturated carbocycles. The molecular formula is C30H17F7O2. The summed E-state index contributed by atoms with van der Waals surface area (Å²) in [5.41, 5.74) is -0.764. The molecular weight excluding hydrogens is 525 g/mol. The van der Waals surface area contributed by atoms with Crippen LogP contribution in [0.4, 0.5) is 30.7 Å². The zero-order chi connectivity index (χ0) is 28.2. The van der Waals surface area contributed by atoms with Crippen LogP contribution in [0.2, 0.25) is 0 Å². The van der Waals surface area contributed by atoms with Crippen LogP contribution in [0.5, 0.6) is 11.5 Å². The van der Waals surface area contributed by atoms with E-state index >= 15 is 0 Å². The van der Waals surface area contributed by atoms with Crippen molar-refractivity contribution < 1.29 is 40.2 Å². The minimum absolute atomic E-state index is 0.270. The van der Waals surface area contributed by atoms with Crippen molar-refractivity contribution in [3.8, 4) is 34.5 Å². The molecule has 0 spiro atoms. The van der Waals surface area contributed by atoms with Gasteiger partial charge in [-0.15, -0.1) is 0 Å². The highest BCUT2D eigenvalue weighted by molar-refractivity contribution is 5.64. The summed E-state index contributed by atoms with van der Waals surface area (Å²) in [6.45, 7) is 3.85. The van der Waals surface area contributed by atoms with Gasteiger partial charge in [0.15, 0.2) is 17.5 Å². The smallest absolute Gasteiger partial charge is 0.429 e. The summed E-state index contributed by atoms with van der Waals surface area (Å²) in [6.07, 6.45) is -2.59. The number of ether oxygens (including phenoxy) is 2. The maximum Gasteiger partial charge on any atom is 0.429 e.